The van der Waals surface area contributed by atoms with E-state index in [4.69, 9.17) is 4.98 Å². The number of amides is 1. The number of carbonyl (C=O) groups is 1. The summed E-state index contributed by atoms with van der Waals surface area (Å²) >= 11 is 1.58. The van der Waals surface area contributed by atoms with Crippen molar-refractivity contribution in [2.24, 2.45) is 0 Å². The fourth-order valence-corrected chi connectivity index (χ4v) is 4.85. The topological polar surface area (TPSA) is 46.9 Å². The number of hydrogen-bond acceptors (Lipinski definition) is 3. The molecule has 0 radical (unpaired) electrons. The molecule has 6 heteroatoms. The zero-order chi connectivity index (χ0) is 24.7. The van der Waals surface area contributed by atoms with E-state index in [0.29, 0.717) is 17.9 Å². The van der Waals surface area contributed by atoms with Crippen molar-refractivity contribution in [3.05, 3.63) is 127 Å². The van der Waals surface area contributed by atoms with Crippen molar-refractivity contribution in [2.75, 3.05) is 12.3 Å². The van der Waals surface area contributed by atoms with Crippen molar-refractivity contribution in [1.82, 2.24) is 14.9 Å². The fourth-order valence-electron chi connectivity index (χ4n) is 3.98. The smallest absolute Gasteiger partial charge is 0.251 e. The monoisotopic (exact) mass is 493 g/mol. The lowest BCUT2D eigenvalue weighted by Crippen LogP contribution is -2.25. The Labute approximate surface area is 213 Å². The molecule has 178 valence electrons. The molecule has 0 bridgehead atoms. The fraction of sp³-hybridized carbons (Fsp3) is 0.0667. The van der Waals surface area contributed by atoms with Gasteiger partial charge in [0, 0.05) is 34.7 Å². The number of benzene rings is 4. The highest BCUT2D eigenvalue weighted by molar-refractivity contribution is 7.99. The van der Waals surface area contributed by atoms with Crippen LogP contribution in [0.1, 0.15) is 10.4 Å². The summed E-state index contributed by atoms with van der Waals surface area (Å²) in [5.74, 6) is 0.0365. The van der Waals surface area contributed by atoms with Gasteiger partial charge in [0.2, 0.25) is 0 Å². The number of nitrogens with one attached hydrogen (secondary N) is 1. The van der Waals surface area contributed by atoms with Gasteiger partial charge in [0.25, 0.3) is 5.91 Å². The minimum Gasteiger partial charge on any atom is -0.351 e. The molecule has 1 N–H and O–H groups in total. The number of carbonyl (C=O) groups excluding carboxylic acids is 1. The van der Waals surface area contributed by atoms with Gasteiger partial charge in [-0.1, -0.05) is 90.6 Å². The Kier molecular flexibility index (Phi) is 7.24. The van der Waals surface area contributed by atoms with E-state index >= 15 is 0 Å². The van der Waals surface area contributed by atoms with Gasteiger partial charge >= 0.3 is 0 Å². The zero-order valence-corrected chi connectivity index (χ0v) is 20.3. The highest BCUT2D eigenvalue weighted by Gasteiger charge is 2.21. The minimum atomic E-state index is -0.363. The quantitative estimate of drug-likeness (QED) is 0.190. The lowest BCUT2D eigenvalue weighted by molar-refractivity contribution is 0.0956. The molecule has 0 aliphatic heterocycles. The van der Waals surface area contributed by atoms with Crippen molar-refractivity contribution in [1.29, 1.82) is 0 Å². The number of nitrogens with zero attached hydrogens (tertiary/aromatic N) is 2. The van der Waals surface area contributed by atoms with Gasteiger partial charge in [0.1, 0.15) is 5.82 Å². The van der Waals surface area contributed by atoms with E-state index in [1.165, 1.54) is 24.3 Å². The predicted octanol–water partition coefficient (Wildman–Crippen LogP) is 6.87. The molecule has 1 amide bonds. The van der Waals surface area contributed by atoms with Gasteiger partial charge < -0.3 is 5.32 Å². The number of halogens is 1. The van der Waals surface area contributed by atoms with E-state index < -0.39 is 0 Å². The van der Waals surface area contributed by atoms with Crippen LogP contribution in [0.3, 0.4) is 0 Å². The number of thioether (sulfide) groups is 1. The van der Waals surface area contributed by atoms with Gasteiger partial charge in [0.15, 0.2) is 5.16 Å². The molecule has 1 heterocycles. The van der Waals surface area contributed by atoms with Crippen molar-refractivity contribution in [2.45, 2.75) is 5.16 Å². The number of imidazole rings is 1. The molecule has 0 atom stereocenters. The highest BCUT2D eigenvalue weighted by atomic mass is 32.2. The van der Waals surface area contributed by atoms with Crippen LogP contribution < -0.4 is 5.32 Å². The van der Waals surface area contributed by atoms with E-state index in [9.17, 15) is 9.18 Å². The van der Waals surface area contributed by atoms with Crippen molar-refractivity contribution in [3.8, 4) is 28.2 Å². The molecule has 0 unspecified atom stereocenters. The second-order valence-corrected chi connectivity index (χ2v) is 9.17. The third-order valence-electron chi connectivity index (χ3n) is 5.68. The standard InChI is InChI=1S/C30H24FN3OS/c31-25-18-16-24(17-19-25)29(35)32-20-21-36-30-33-27(22-10-4-1-5-11-22)28(23-12-6-2-7-13-23)34(30)26-14-8-3-9-15-26/h1-19H,20-21H2,(H,32,35). The Balaban J connectivity index is 1.47. The first-order valence-corrected chi connectivity index (χ1v) is 12.6. The van der Waals surface area contributed by atoms with Crippen LogP contribution in [0.15, 0.2) is 120 Å². The molecule has 0 aliphatic carbocycles. The van der Waals surface area contributed by atoms with Gasteiger partial charge in [0.05, 0.1) is 11.4 Å². The van der Waals surface area contributed by atoms with Gasteiger partial charge in [-0.2, -0.15) is 0 Å². The molecular weight excluding hydrogens is 469 g/mol. The lowest BCUT2D eigenvalue weighted by Gasteiger charge is -2.13. The molecule has 0 saturated heterocycles. The third kappa shape index (κ3) is 5.24. The summed E-state index contributed by atoms with van der Waals surface area (Å²) in [4.78, 5) is 17.5. The maximum Gasteiger partial charge on any atom is 0.251 e. The molecule has 5 aromatic rings. The number of para-hydroxylation sites is 1. The first kappa shape index (κ1) is 23.6. The second kappa shape index (κ2) is 11.1. The van der Waals surface area contributed by atoms with Crippen molar-refractivity contribution < 1.29 is 9.18 Å². The van der Waals surface area contributed by atoms with Crippen LogP contribution in [0.4, 0.5) is 4.39 Å². The average molecular weight is 494 g/mol. The molecule has 36 heavy (non-hydrogen) atoms. The largest absolute Gasteiger partial charge is 0.351 e. The van der Waals surface area contributed by atoms with E-state index in [0.717, 1.165) is 33.4 Å². The third-order valence-corrected chi connectivity index (χ3v) is 6.62. The molecule has 0 saturated carbocycles. The highest BCUT2D eigenvalue weighted by Crippen LogP contribution is 2.38. The second-order valence-electron chi connectivity index (χ2n) is 8.11. The van der Waals surface area contributed by atoms with Crippen LogP contribution in [-0.2, 0) is 0 Å². The van der Waals surface area contributed by atoms with E-state index in [1.54, 1.807) is 11.8 Å². The average Bonchev–Trinajstić information content (AvgIpc) is 3.32. The maximum atomic E-state index is 13.2. The molecule has 0 aliphatic rings. The normalized spacial score (nSPS) is 10.8. The number of hydrogen-bond donors (Lipinski definition) is 1. The van der Waals surface area contributed by atoms with Gasteiger partial charge in [-0.05, 0) is 36.4 Å². The van der Waals surface area contributed by atoms with E-state index in [1.807, 2.05) is 54.6 Å². The van der Waals surface area contributed by atoms with Crippen LogP contribution in [0.25, 0.3) is 28.2 Å². The van der Waals surface area contributed by atoms with E-state index in [-0.39, 0.29) is 11.7 Å². The number of rotatable bonds is 8. The van der Waals surface area contributed by atoms with Crippen LogP contribution in [-0.4, -0.2) is 27.8 Å². The lowest BCUT2D eigenvalue weighted by atomic mass is 10.0. The van der Waals surface area contributed by atoms with E-state index in [2.05, 4.69) is 46.3 Å². The van der Waals surface area contributed by atoms with Crippen molar-refractivity contribution >= 4 is 17.7 Å². The summed E-state index contributed by atoms with van der Waals surface area (Å²) in [6.45, 7) is 0.448. The van der Waals surface area contributed by atoms with Gasteiger partial charge in [-0.25, -0.2) is 9.37 Å². The summed E-state index contributed by atoms with van der Waals surface area (Å²) < 4.78 is 15.3. The zero-order valence-electron chi connectivity index (χ0n) is 19.5. The SMILES string of the molecule is O=C(NCCSc1nc(-c2ccccc2)c(-c2ccccc2)n1-c1ccccc1)c1ccc(F)cc1. The molecule has 0 spiro atoms. The Morgan fingerprint density at radius 3 is 2.00 bits per heavy atom. The molecule has 5 rings (SSSR count). The van der Waals surface area contributed by atoms with Gasteiger partial charge in [-0.3, -0.25) is 9.36 Å². The Bertz CT molecular complexity index is 1440. The predicted molar refractivity (Wildman–Crippen MR) is 144 cm³/mol. The molecule has 4 aromatic carbocycles. The molecule has 4 nitrogen and oxygen atoms in total. The number of aromatic nitrogens is 2. The summed E-state index contributed by atoms with van der Waals surface area (Å²) in [7, 11) is 0. The van der Waals surface area contributed by atoms with Crippen molar-refractivity contribution in [3.63, 3.8) is 0 Å². The molecular formula is C30H24FN3OS. The van der Waals surface area contributed by atoms with Crippen LogP contribution in [0.5, 0.6) is 0 Å². The van der Waals surface area contributed by atoms with Gasteiger partial charge in [-0.15, -0.1) is 0 Å². The summed E-state index contributed by atoms with van der Waals surface area (Å²) in [5.41, 5.74) is 5.49. The summed E-state index contributed by atoms with van der Waals surface area (Å²) in [5, 5.41) is 3.76. The van der Waals surface area contributed by atoms with Crippen LogP contribution in [0.2, 0.25) is 0 Å². The van der Waals surface area contributed by atoms with Crippen LogP contribution >= 0.6 is 11.8 Å². The first-order chi connectivity index (χ1) is 17.7. The maximum absolute atomic E-state index is 13.2. The minimum absolute atomic E-state index is 0.225. The Hall–Kier alpha value is -4.16. The molecule has 1 aromatic heterocycles. The summed E-state index contributed by atoms with van der Waals surface area (Å²) in [6, 6.07) is 36.2. The van der Waals surface area contributed by atoms with Crippen LogP contribution in [0, 0.1) is 5.82 Å². The molecule has 0 fully saturated rings. The first-order valence-electron chi connectivity index (χ1n) is 11.7. The Morgan fingerprint density at radius 1 is 0.778 bits per heavy atom. The Morgan fingerprint density at radius 2 is 1.36 bits per heavy atom. The summed E-state index contributed by atoms with van der Waals surface area (Å²) in [6.07, 6.45) is 0.